The summed E-state index contributed by atoms with van der Waals surface area (Å²) in [4.78, 5) is 7.32. The number of hydrogen-bond donors (Lipinski definition) is 3. The monoisotopic (exact) mass is 242 g/mol. The molecule has 0 aromatic carbocycles. The van der Waals surface area contributed by atoms with E-state index in [1.807, 2.05) is 5.43 Å². The van der Waals surface area contributed by atoms with Gasteiger partial charge in [0, 0.05) is 6.07 Å². The van der Waals surface area contributed by atoms with Crippen LogP contribution in [0.3, 0.4) is 0 Å². The standard InChI is InChI=1S/C8H8F2N6O/c9-4-1-5(10)8(15-11)14-7(4)12-2-6-13-3-17-16-6/h1,3H,2,11H2,(H2,12,14,15). The molecule has 0 amide bonds. The van der Waals surface area contributed by atoms with Crippen LogP contribution in [-0.2, 0) is 6.54 Å². The summed E-state index contributed by atoms with van der Waals surface area (Å²) in [5.74, 6) is 3.19. The minimum Gasteiger partial charge on any atom is -0.360 e. The molecule has 0 aliphatic carbocycles. The SMILES string of the molecule is NNc1nc(NCc2ncon2)c(F)cc1F. The van der Waals surface area contributed by atoms with E-state index in [4.69, 9.17) is 5.84 Å². The van der Waals surface area contributed by atoms with Crippen molar-refractivity contribution >= 4 is 11.6 Å². The van der Waals surface area contributed by atoms with Crippen molar-refractivity contribution in [1.82, 2.24) is 15.1 Å². The van der Waals surface area contributed by atoms with E-state index in [0.717, 1.165) is 6.39 Å². The van der Waals surface area contributed by atoms with Crippen LogP contribution in [0.5, 0.6) is 0 Å². The van der Waals surface area contributed by atoms with Crippen molar-refractivity contribution in [3.8, 4) is 0 Å². The second-order valence-electron chi connectivity index (χ2n) is 2.99. The number of nitrogens with one attached hydrogen (secondary N) is 2. The summed E-state index contributed by atoms with van der Waals surface area (Å²) >= 11 is 0. The van der Waals surface area contributed by atoms with Crippen molar-refractivity contribution in [3.63, 3.8) is 0 Å². The average molecular weight is 242 g/mol. The number of anilines is 2. The molecule has 0 aliphatic heterocycles. The number of nitrogen functional groups attached to an aromatic ring is 1. The molecule has 2 aromatic heterocycles. The number of aromatic nitrogens is 3. The van der Waals surface area contributed by atoms with E-state index >= 15 is 0 Å². The van der Waals surface area contributed by atoms with Crippen molar-refractivity contribution in [2.45, 2.75) is 6.54 Å². The maximum absolute atomic E-state index is 13.3. The molecule has 4 N–H and O–H groups in total. The first-order valence-corrected chi connectivity index (χ1v) is 4.52. The minimum atomic E-state index is -0.880. The number of hydrazine groups is 1. The van der Waals surface area contributed by atoms with Gasteiger partial charge < -0.3 is 15.3 Å². The number of nitrogens with zero attached hydrogens (tertiary/aromatic N) is 3. The molecule has 0 saturated carbocycles. The summed E-state index contributed by atoms with van der Waals surface area (Å²) in [6.45, 7) is 0.0933. The van der Waals surface area contributed by atoms with Crippen LogP contribution in [0.1, 0.15) is 5.82 Å². The Kier molecular flexibility index (Phi) is 3.10. The van der Waals surface area contributed by atoms with Crippen molar-refractivity contribution in [2.24, 2.45) is 5.84 Å². The van der Waals surface area contributed by atoms with E-state index in [9.17, 15) is 8.78 Å². The van der Waals surface area contributed by atoms with Crippen LogP contribution in [-0.4, -0.2) is 15.1 Å². The van der Waals surface area contributed by atoms with Crippen LogP contribution < -0.4 is 16.6 Å². The van der Waals surface area contributed by atoms with Gasteiger partial charge in [-0.2, -0.15) is 4.98 Å². The molecular weight excluding hydrogens is 234 g/mol. The second kappa shape index (κ2) is 4.70. The van der Waals surface area contributed by atoms with Crippen LogP contribution >= 0.6 is 0 Å². The molecule has 0 aliphatic rings. The van der Waals surface area contributed by atoms with Gasteiger partial charge in [-0.05, 0) is 0 Å². The van der Waals surface area contributed by atoms with Gasteiger partial charge in [-0.15, -0.1) is 0 Å². The molecular formula is C8H8F2N6O. The zero-order chi connectivity index (χ0) is 12.3. The first-order valence-electron chi connectivity index (χ1n) is 4.52. The summed E-state index contributed by atoms with van der Waals surface area (Å²) < 4.78 is 30.8. The molecule has 2 rings (SSSR count). The maximum atomic E-state index is 13.3. The number of pyridine rings is 1. The molecule has 9 heteroatoms. The lowest BCUT2D eigenvalue weighted by atomic mass is 10.4. The van der Waals surface area contributed by atoms with Gasteiger partial charge in [0.1, 0.15) is 0 Å². The van der Waals surface area contributed by atoms with Gasteiger partial charge in [0.15, 0.2) is 29.1 Å². The predicted molar refractivity (Wildman–Crippen MR) is 53.6 cm³/mol. The van der Waals surface area contributed by atoms with Gasteiger partial charge in [0.2, 0.25) is 6.39 Å². The molecule has 0 radical (unpaired) electrons. The van der Waals surface area contributed by atoms with Gasteiger partial charge in [-0.25, -0.2) is 19.6 Å². The molecule has 0 unspecified atom stereocenters. The Morgan fingerprint density at radius 3 is 2.71 bits per heavy atom. The molecule has 17 heavy (non-hydrogen) atoms. The van der Waals surface area contributed by atoms with Crippen molar-refractivity contribution in [3.05, 3.63) is 29.9 Å². The molecule has 7 nitrogen and oxygen atoms in total. The lowest BCUT2D eigenvalue weighted by Crippen LogP contribution is -2.13. The third kappa shape index (κ3) is 2.45. The van der Waals surface area contributed by atoms with Crippen LogP contribution in [0.2, 0.25) is 0 Å². The van der Waals surface area contributed by atoms with E-state index < -0.39 is 11.6 Å². The Morgan fingerprint density at radius 2 is 2.06 bits per heavy atom. The molecule has 0 bridgehead atoms. The van der Waals surface area contributed by atoms with E-state index in [2.05, 4.69) is 25.0 Å². The van der Waals surface area contributed by atoms with Gasteiger partial charge in [-0.1, -0.05) is 5.16 Å². The summed E-state index contributed by atoms with van der Waals surface area (Å²) in [6, 6.07) is 0.667. The van der Waals surface area contributed by atoms with Crippen LogP contribution in [0.25, 0.3) is 0 Å². The Bertz CT molecular complexity index is 503. The van der Waals surface area contributed by atoms with E-state index in [1.54, 1.807) is 0 Å². The van der Waals surface area contributed by atoms with Crippen molar-refractivity contribution in [1.29, 1.82) is 0 Å². The van der Waals surface area contributed by atoms with Gasteiger partial charge in [0.05, 0.1) is 6.54 Å². The fraction of sp³-hybridized carbons (Fsp3) is 0.125. The Morgan fingerprint density at radius 1 is 1.29 bits per heavy atom. The highest BCUT2D eigenvalue weighted by Crippen LogP contribution is 2.18. The lowest BCUT2D eigenvalue weighted by Gasteiger charge is -2.07. The molecule has 90 valence electrons. The zero-order valence-corrected chi connectivity index (χ0v) is 8.44. The maximum Gasteiger partial charge on any atom is 0.213 e. The first-order chi connectivity index (χ1) is 8.20. The molecule has 0 spiro atoms. The molecule has 2 heterocycles. The summed E-state index contributed by atoms with van der Waals surface area (Å²) in [7, 11) is 0. The highest BCUT2D eigenvalue weighted by atomic mass is 19.1. The third-order valence-electron chi connectivity index (χ3n) is 1.89. The minimum absolute atomic E-state index is 0.0933. The summed E-state index contributed by atoms with van der Waals surface area (Å²) in [5.41, 5.74) is 2.01. The fourth-order valence-electron chi connectivity index (χ4n) is 1.12. The molecule has 2 aromatic rings. The zero-order valence-electron chi connectivity index (χ0n) is 8.44. The summed E-state index contributed by atoms with van der Waals surface area (Å²) in [6.07, 6.45) is 1.14. The number of nitrogens with two attached hydrogens (primary N) is 1. The topological polar surface area (TPSA) is 102 Å². The number of hydrogen-bond acceptors (Lipinski definition) is 7. The van der Waals surface area contributed by atoms with Crippen LogP contribution in [0.15, 0.2) is 17.0 Å². The van der Waals surface area contributed by atoms with E-state index in [-0.39, 0.29) is 18.2 Å². The normalized spacial score (nSPS) is 10.3. The quantitative estimate of drug-likeness (QED) is 0.534. The Hall–Kier alpha value is -2.29. The fourth-order valence-corrected chi connectivity index (χ4v) is 1.12. The Labute approximate surface area is 94.0 Å². The highest BCUT2D eigenvalue weighted by molar-refractivity contribution is 5.46. The van der Waals surface area contributed by atoms with Crippen LogP contribution in [0, 0.1) is 11.6 Å². The predicted octanol–water partition coefficient (Wildman–Crippen LogP) is 0.640. The molecule has 0 fully saturated rings. The van der Waals surface area contributed by atoms with Crippen LogP contribution in [0.4, 0.5) is 20.4 Å². The van der Waals surface area contributed by atoms with Gasteiger partial charge in [0.25, 0.3) is 0 Å². The Balaban J connectivity index is 2.15. The smallest absolute Gasteiger partial charge is 0.213 e. The average Bonchev–Trinajstić information content (AvgIpc) is 2.81. The highest BCUT2D eigenvalue weighted by Gasteiger charge is 2.11. The molecule has 0 saturated heterocycles. The van der Waals surface area contributed by atoms with Gasteiger partial charge in [-0.3, -0.25) is 0 Å². The number of rotatable bonds is 4. The van der Waals surface area contributed by atoms with E-state index in [1.165, 1.54) is 0 Å². The molecule has 0 atom stereocenters. The van der Waals surface area contributed by atoms with Crippen molar-refractivity contribution < 1.29 is 13.3 Å². The van der Waals surface area contributed by atoms with E-state index in [0.29, 0.717) is 11.9 Å². The lowest BCUT2D eigenvalue weighted by molar-refractivity contribution is 0.411. The largest absolute Gasteiger partial charge is 0.360 e. The van der Waals surface area contributed by atoms with Gasteiger partial charge >= 0.3 is 0 Å². The third-order valence-corrected chi connectivity index (χ3v) is 1.89. The second-order valence-corrected chi connectivity index (χ2v) is 2.99. The first kappa shape index (κ1) is 11.2. The number of halogens is 2. The summed E-state index contributed by atoms with van der Waals surface area (Å²) in [5, 5.41) is 6.09. The van der Waals surface area contributed by atoms with Crippen molar-refractivity contribution in [2.75, 3.05) is 10.7 Å².